The molecule has 0 saturated heterocycles. The van der Waals surface area contributed by atoms with E-state index in [-0.39, 0.29) is 45.5 Å². The third-order valence-corrected chi connectivity index (χ3v) is 8.17. The maximum Gasteiger partial charge on any atom is 0.335 e. The lowest BCUT2D eigenvalue weighted by Crippen LogP contribution is -2.29. The number of benzene rings is 3. The van der Waals surface area contributed by atoms with Gasteiger partial charge in [-0.2, -0.15) is 0 Å². The van der Waals surface area contributed by atoms with E-state index in [2.05, 4.69) is 10.0 Å². The second-order valence-corrected chi connectivity index (χ2v) is 10.6. The van der Waals surface area contributed by atoms with Gasteiger partial charge in [-0.1, -0.05) is 18.2 Å². The molecule has 0 fully saturated rings. The van der Waals surface area contributed by atoms with Crippen molar-refractivity contribution in [1.82, 2.24) is 0 Å². The fourth-order valence-electron chi connectivity index (χ4n) is 5.01. The maximum atomic E-state index is 13.1. The normalized spacial score (nSPS) is 19.9. The number of carboxylic acid groups (broad SMARTS) is 1. The quantitative estimate of drug-likeness (QED) is 0.225. The highest BCUT2D eigenvalue weighted by Gasteiger charge is 2.39. The van der Waals surface area contributed by atoms with Gasteiger partial charge in [0.05, 0.1) is 28.5 Å². The van der Waals surface area contributed by atoms with Crippen LogP contribution < -0.4 is 14.8 Å². The summed E-state index contributed by atoms with van der Waals surface area (Å²) in [6, 6.07) is 15.0. The first-order chi connectivity index (χ1) is 17.7. The van der Waals surface area contributed by atoms with Crippen LogP contribution in [0.3, 0.4) is 0 Å². The molecule has 0 saturated carbocycles. The molecule has 11 heteroatoms. The molecular formula is C26H23N3O7S. The van der Waals surface area contributed by atoms with Crippen LogP contribution in [0.4, 0.5) is 17.1 Å². The fourth-order valence-corrected chi connectivity index (χ4v) is 6.10. The van der Waals surface area contributed by atoms with Gasteiger partial charge in [-0.15, -0.1) is 0 Å². The van der Waals surface area contributed by atoms with Crippen LogP contribution in [0.1, 0.15) is 39.9 Å². The number of nitro groups is 1. The van der Waals surface area contributed by atoms with Gasteiger partial charge in [-0.25, -0.2) is 13.2 Å². The number of rotatable bonds is 7. The van der Waals surface area contributed by atoms with Crippen molar-refractivity contribution in [2.75, 3.05) is 17.1 Å². The van der Waals surface area contributed by atoms with Crippen LogP contribution in [0.5, 0.6) is 5.75 Å². The summed E-state index contributed by atoms with van der Waals surface area (Å²) in [7, 11) is -2.55. The molecule has 3 aromatic carbocycles. The first-order valence-electron chi connectivity index (χ1n) is 11.4. The number of methoxy groups -OCH3 is 1. The zero-order valence-corrected chi connectivity index (χ0v) is 20.4. The van der Waals surface area contributed by atoms with Crippen molar-refractivity contribution < 1.29 is 28.0 Å². The lowest BCUT2D eigenvalue weighted by molar-refractivity contribution is -0.385. The van der Waals surface area contributed by atoms with E-state index < -0.39 is 20.9 Å². The molecule has 3 unspecified atom stereocenters. The van der Waals surface area contributed by atoms with Gasteiger partial charge in [0.15, 0.2) is 5.75 Å². The number of sulfonamides is 1. The molecule has 1 aliphatic heterocycles. The van der Waals surface area contributed by atoms with Crippen LogP contribution in [0, 0.1) is 16.0 Å². The van der Waals surface area contributed by atoms with Crippen molar-refractivity contribution in [3.05, 3.63) is 99.6 Å². The van der Waals surface area contributed by atoms with Crippen LogP contribution in [0.15, 0.2) is 77.7 Å². The predicted octanol–water partition coefficient (Wildman–Crippen LogP) is 4.93. The highest BCUT2D eigenvalue weighted by Crippen LogP contribution is 2.51. The second kappa shape index (κ2) is 9.25. The average molecular weight is 522 g/mol. The van der Waals surface area contributed by atoms with Gasteiger partial charge in [0.1, 0.15) is 0 Å². The topological polar surface area (TPSA) is 148 Å². The average Bonchev–Trinajstić information content (AvgIpc) is 3.38. The maximum absolute atomic E-state index is 13.1. The summed E-state index contributed by atoms with van der Waals surface area (Å²) in [5.74, 6) is -0.952. The van der Waals surface area contributed by atoms with Crippen LogP contribution >= 0.6 is 0 Å². The van der Waals surface area contributed by atoms with Gasteiger partial charge in [-0.05, 0) is 72.0 Å². The van der Waals surface area contributed by atoms with E-state index in [1.165, 1.54) is 43.5 Å². The van der Waals surface area contributed by atoms with Crippen LogP contribution in [0.25, 0.3) is 0 Å². The Bertz CT molecular complexity index is 1530. The van der Waals surface area contributed by atoms with Crippen molar-refractivity contribution in [2.24, 2.45) is 5.92 Å². The number of nitrogens with zero attached hydrogens (tertiary/aromatic N) is 1. The fraction of sp³-hybridized carbons (Fsp3) is 0.192. The number of ether oxygens (including phenoxy) is 1. The van der Waals surface area contributed by atoms with Gasteiger partial charge in [0.25, 0.3) is 10.0 Å². The van der Waals surface area contributed by atoms with Crippen LogP contribution in [-0.2, 0) is 10.0 Å². The number of hydrogen-bond acceptors (Lipinski definition) is 7. The summed E-state index contributed by atoms with van der Waals surface area (Å²) < 4.78 is 33.8. The van der Waals surface area contributed by atoms with E-state index >= 15 is 0 Å². The van der Waals surface area contributed by atoms with E-state index in [1.54, 1.807) is 18.2 Å². The molecule has 0 amide bonds. The first-order valence-corrected chi connectivity index (χ1v) is 12.9. The number of hydrogen-bond donors (Lipinski definition) is 3. The number of carbonyl (C=O) groups is 1. The largest absolute Gasteiger partial charge is 0.490 e. The van der Waals surface area contributed by atoms with E-state index in [1.807, 2.05) is 18.2 Å². The van der Waals surface area contributed by atoms with Gasteiger partial charge < -0.3 is 15.2 Å². The Labute approximate surface area is 212 Å². The summed E-state index contributed by atoms with van der Waals surface area (Å²) in [6.45, 7) is 0. The predicted molar refractivity (Wildman–Crippen MR) is 137 cm³/mol. The zero-order valence-electron chi connectivity index (χ0n) is 19.6. The van der Waals surface area contributed by atoms with E-state index in [0.717, 1.165) is 23.2 Å². The van der Waals surface area contributed by atoms with Crippen molar-refractivity contribution >= 4 is 33.1 Å². The van der Waals surface area contributed by atoms with Crippen LogP contribution in [-0.4, -0.2) is 31.5 Å². The highest BCUT2D eigenvalue weighted by atomic mass is 32.2. The molecule has 2 aliphatic rings. The number of aromatic carboxylic acids is 1. The van der Waals surface area contributed by atoms with Crippen molar-refractivity contribution in [2.45, 2.75) is 23.3 Å². The Morgan fingerprint density at radius 2 is 1.89 bits per heavy atom. The van der Waals surface area contributed by atoms with E-state index in [4.69, 9.17) is 9.84 Å². The van der Waals surface area contributed by atoms with E-state index in [0.29, 0.717) is 0 Å². The first kappa shape index (κ1) is 24.3. The molecule has 0 spiro atoms. The Morgan fingerprint density at radius 3 is 2.57 bits per heavy atom. The molecule has 0 radical (unpaired) electrons. The van der Waals surface area contributed by atoms with E-state index in [9.17, 15) is 23.3 Å². The molecule has 190 valence electrons. The number of nitro benzene ring substituents is 1. The Morgan fingerprint density at radius 1 is 1.14 bits per heavy atom. The molecule has 0 bridgehead atoms. The summed E-state index contributed by atoms with van der Waals surface area (Å²) >= 11 is 0. The molecule has 0 aromatic heterocycles. The SMILES string of the molecule is COc1ccc(C2Nc3ccc(S(=O)(=O)Nc4ccc(C(=O)O)cc4)cc3C3C=CCC32)cc1[N+](=O)[O-]. The van der Waals surface area contributed by atoms with Gasteiger partial charge >= 0.3 is 11.7 Å². The Kier molecular flexibility index (Phi) is 6.08. The van der Waals surface area contributed by atoms with Gasteiger partial charge in [0, 0.05) is 23.4 Å². The summed E-state index contributed by atoms with van der Waals surface area (Å²) in [5, 5.41) is 24.1. The standard InChI is InChI=1S/C26H23N3O7S/c1-36-24-12-7-16(13-23(24)29(32)33)25-20-4-2-3-19(20)21-14-18(10-11-22(21)27-25)37(34,35)28-17-8-5-15(6-9-17)26(30)31/h2-3,5-14,19-20,25,27-28H,4H2,1H3,(H,30,31). The number of fused-ring (bicyclic) bond motifs is 3. The molecule has 1 aliphatic carbocycles. The number of allylic oxidation sites excluding steroid dienone is 2. The molecule has 3 atom stereocenters. The molecule has 10 nitrogen and oxygen atoms in total. The minimum Gasteiger partial charge on any atom is -0.490 e. The third kappa shape index (κ3) is 4.49. The second-order valence-electron chi connectivity index (χ2n) is 8.90. The van der Waals surface area contributed by atoms with Crippen molar-refractivity contribution in [3.8, 4) is 5.75 Å². The summed E-state index contributed by atoms with van der Waals surface area (Å²) in [6.07, 6.45) is 4.82. The van der Waals surface area contributed by atoms with Crippen LogP contribution in [0.2, 0.25) is 0 Å². The van der Waals surface area contributed by atoms with Crippen molar-refractivity contribution in [1.29, 1.82) is 0 Å². The molecule has 5 rings (SSSR count). The summed E-state index contributed by atoms with van der Waals surface area (Å²) in [5.41, 5.74) is 2.52. The minimum absolute atomic E-state index is 0.0370. The Balaban J connectivity index is 1.46. The highest BCUT2D eigenvalue weighted by molar-refractivity contribution is 7.92. The molecule has 37 heavy (non-hydrogen) atoms. The lowest BCUT2D eigenvalue weighted by atomic mass is 9.77. The van der Waals surface area contributed by atoms with Gasteiger partial charge in [-0.3, -0.25) is 14.8 Å². The molecule has 1 heterocycles. The van der Waals surface area contributed by atoms with Gasteiger partial charge in [0.2, 0.25) is 0 Å². The number of anilines is 2. The summed E-state index contributed by atoms with van der Waals surface area (Å²) in [4.78, 5) is 22.2. The minimum atomic E-state index is -3.94. The third-order valence-electron chi connectivity index (χ3n) is 6.79. The smallest absolute Gasteiger partial charge is 0.335 e. The lowest BCUT2D eigenvalue weighted by Gasteiger charge is -2.37. The molecule has 3 N–H and O–H groups in total. The Hall–Kier alpha value is -4.38. The van der Waals surface area contributed by atoms with Crippen molar-refractivity contribution in [3.63, 3.8) is 0 Å². The molecule has 3 aromatic rings. The molecular weight excluding hydrogens is 498 g/mol. The number of carboxylic acids is 1. The monoisotopic (exact) mass is 521 g/mol. The zero-order chi connectivity index (χ0) is 26.3. The number of nitrogens with one attached hydrogen (secondary N) is 2.